The molecule has 0 radical (unpaired) electrons. The van der Waals surface area contributed by atoms with Gasteiger partial charge in [0.1, 0.15) is 12.4 Å². The van der Waals surface area contributed by atoms with E-state index >= 15 is 0 Å². The van der Waals surface area contributed by atoms with Crippen molar-refractivity contribution in [1.29, 1.82) is 0 Å². The van der Waals surface area contributed by atoms with Gasteiger partial charge in [-0.1, -0.05) is 30.0 Å². The number of aromatic nitrogens is 3. The van der Waals surface area contributed by atoms with Gasteiger partial charge < -0.3 is 5.32 Å². The fourth-order valence-corrected chi connectivity index (χ4v) is 2.64. The molecular formula is C13H12N6O2S. The van der Waals surface area contributed by atoms with E-state index in [0.29, 0.717) is 17.3 Å². The summed E-state index contributed by atoms with van der Waals surface area (Å²) in [5, 5.41) is 17.3. The Morgan fingerprint density at radius 2 is 2.23 bits per heavy atom. The van der Waals surface area contributed by atoms with Crippen LogP contribution in [0.2, 0.25) is 0 Å². The van der Waals surface area contributed by atoms with Crippen LogP contribution in [-0.2, 0) is 4.79 Å². The van der Waals surface area contributed by atoms with Gasteiger partial charge in [-0.25, -0.2) is 4.98 Å². The quantitative estimate of drug-likeness (QED) is 0.809. The van der Waals surface area contributed by atoms with E-state index in [1.807, 2.05) is 12.1 Å². The Hall–Kier alpha value is -2.55. The Morgan fingerprint density at radius 1 is 1.36 bits per heavy atom. The van der Waals surface area contributed by atoms with Gasteiger partial charge in [-0.2, -0.15) is 10.2 Å². The number of rotatable bonds is 5. The van der Waals surface area contributed by atoms with Crippen molar-refractivity contribution >= 4 is 23.6 Å². The molecule has 8 nitrogen and oxygen atoms in total. The molecule has 0 saturated carbocycles. The van der Waals surface area contributed by atoms with E-state index in [0.717, 1.165) is 5.56 Å². The summed E-state index contributed by atoms with van der Waals surface area (Å²) in [6.07, 6.45) is 1.39. The largest absolute Gasteiger partial charge is 0.353 e. The third kappa shape index (κ3) is 3.19. The summed E-state index contributed by atoms with van der Waals surface area (Å²) >= 11 is 1.26. The number of nitrogens with one attached hydrogen (secondary N) is 2. The molecule has 1 aromatic carbocycles. The first kappa shape index (κ1) is 14.4. The van der Waals surface area contributed by atoms with Crippen LogP contribution < -0.4 is 5.32 Å². The van der Waals surface area contributed by atoms with Gasteiger partial charge in [0.15, 0.2) is 5.16 Å². The van der Waals surface area contributed by atoms with Gasteiger partial charge in [-0.05, 0) is 11.6 Å². The maximum atomic E-state index is 11.8. The molecule has 0 spiro atoms. The first-order valence-electron chi connectivity index (χ1n) is 6.53. The fourth-order valence-electron chi connectivity index (χ4n) is 2.03. The van der Waals surface area contributed by atoms with Crippen molar-refractivity contribution in [3.63, 3.8) is 0 Å². The molecule has 0 saturated heterocycles. The Kier molecular flexibility index (Phi) is 4.24. The smallest absolute Gasteiger partial charge is 0.295 e. The summed E-state index contributed by atoms with van der Waals surface area (Å²) in [6.45, 7) is 0.295. The Labute approximate surface area is 129 Å². The average molecular weight is 316 g/mol. The second-order valence-electron chi connectivity index (χ2n) is 4.51. The Balaban J connectivity index is 1.56. The second-order valence-corrected chi connectivity index (χ2v) is 5.47. The number of hydrogen-bond donors (Lipinski definition) is 2. The van der Waals surface area contributed by atoms with E-state index in [4.69, 9.17) is 0 Å². The van der Waals surface area contributed by atoms with E-state index in [-0.39, 0.29) is 23.6 Å². The van der Waals surface area contributed by atoms with E-state index in [1.54, 1.807) is 12.1 Å². The molecule has 1 unspecified atom stereocenters. The summed E-state index contributed by atoms with van der Waals surface area (Å²) in [7, 11) is 0. The summed E-state index contributed by atoms with van der Waals surface area (Å²) in [6, 6.07) is 6.81. The van der Waals surface area contributed by atoms with Crippen molar-refractivity contribution in [3.8, 4) is 0 Å². The molecule has 1 aromatic heterocycles. The highest BCUT2D eigenvalue weighted by atomic mass is 32.2. The third-order valence-corrected chi connectivity index (χ3v) is 3.94. The van der Waals surface area contributed by atoms with Crippen LogP contribution in [0.1, 0.15) is 22.0 Å². The first-order chi connectivity index (χ1) is 10.7. The number of carbonyl (C=O) groups excluding carboxylic acids is 2. The van der Waals surface area contributed by atoms with Gasteiger partial charge in [0, 0.05) is 12.1 Å². The van der Waals surface area contributed by atoms with Crippen LogP contribution in [0.3, 0.4) is 0 Å². The minimum absolute atomic E-state index is 0.147. The lowest BCUT2D eigenvalue weighted by molar-refractivity contribution is -0.118. The minimum atomic E-state index is -0.348. The molecule has 1 atom stereocenters. The molecule has 0 fully saturated rings. The highest BCUT2D eigenvalue weighted by molar-refractivity contribution is 7.99. The van der Waals surface area contributed by atoms with Crippen molar-refractivity contribution in [3.05, 3.63) is 41.7 Å². The minimum Gasteiger partial charge on any atom is -0.353 e. The van der Waals surface area contributed by atoms with Crippen LogP contribution in [0, 0.1) is 0 Å². The molecule has 112 valence electrons. The number of fused-ring (bicyclic) bond motifs is 1. The van der Waals surface area contributed by atoms with Crippen LogP contribution >= 0.6 is 11.8 Å². The van der Waals surface area contributed by atoms with Crippen molar-refractivity contribution < 1.29 is 9.59 Å². The molecule has 1 aliphatic rings. The molecule has 2 heterocycles. The zero-order chi connectivity index (χ0) is 15.4. The van der Waals surface area contributed by atoms with Crippen LogP contribution in [0.25, 0.3) is 0 Å². The summed E-state index contributed by atoms with van der Waals surface area (Å²) in [4.78, 5) is 27.4. The molecule has 0 bridgehead atoms. The van der Waals surface area contributed by atoms with Crippen molar-refractivity contribution in [2.45, 2.75) is 11.2 Å². The van der Waals surface area contributed by atoms with Crippen molar-refractivity contribution in [2.75, 3.05) is 12.3 Å². The normalized spacial score (nSPS) is 16.4. The van der Waals surface area contributed by atoms with Crippen LogP contribution in [-0.4, -0.2) is 39.3 Å². The molecule has 3 rings (SSSR count). The SMILES string of the molecule is O=C(CSc1ncn[nH]1)NCC1N=NC(=O)c2ccccc21. The van der Waals surface area contributed by atoms with Gasteiger partial charge in [0.2, 0.25) is 5.91 Å². The topological polar surface area (TPSA) is 112 Å². The number of thioether (sulfide) groups is 1. The van der Waals surface area contributed by atoms with Gasteiger partial charge in [-0.3, -0.25) is 14.7 Å². The number of nitrogens with zero attached hydrogens (tertiary/aromatic N) is 4. The zero-order valence-electron chi connectivity index (χ0n) is 11.4. The number of azo groups is 1. The zero-order valence-corrected chi connectivity index (χ0v) is 12.2. The predicted molar refractivity (Wildman–Crippen MR) is 78.5 cm³/mol. The molecule has 2 N–H and O–H groups in total. The second kappa shape index (κ2) is 6.48. The van der Waals surface area contributed by atoms with E-state index < -0.39 is 0 Å². The number of H-pyrrole nitrogens is 1. The predicted octanol–water partition coefficient (Wildman–Crippen LogP) is 1.36. The highest BCUT2D eigenvalue weighted by Gasteiger charge is 2.23. The van der Waals surface area contributed by atoms with Gasteiger partial charge in [0.25, 0.3) is 5.91 Å². The summed E-state index contributed by atoms with van der Waals surface area (Å²) in [5.74, 6) is -0.273. The number of benzene rings is 1. The number of aromatic amines is 1. The summed E-state index contributed by atoms with van der Waals surface area (Å²) in [5.41, 5.74) is 1.32. The standard InChI is InChI=1S/C13H12N6O2S/c20-11(6-22-13-15-7-16-19-13)14-5-10-8-3-1-2-4-9(8)12(21)18-17-10/h1-4,7,10H,5-6H2,(H,14,20)(H,15,16,19). The van der Waals surface area contributed by atoms with E-state index in [9.17, 15) is 9.59 Å². The highest BCUT2D eigenvalue weighted by Crippen LogP contribution is 2.26. The van der Waals surface area contributed by atoms with Crippen LogP contribution in [0.15, 0.2) is 46.0 Å². The van der Waals surface area contributed by atoms with Crippen LogP contribution in [0.4, 0.5) is 0 Å². The summed E-state index contributed by atoms with van der Waals surface area (Å²) < 4.78 is 0. The monoisotopic (exact) mass is 316 g/mol. The van der Waals surface area contributed by atoms with E-state index in [1.165, 1.54) is 18.1 Å². The lowest BCUT2D eigenvalue weighted by Gasteiger charge is -2.18. The fraction of sp³-hybridized carbons (Fsp3) is 0.231. The van der Waals surface area contributed by atoms with Gasteiger partial charge in [-0.15, -0.1) is 5.11 Å². The van der Waals surface area contributed by atoms with E-state index in [2.05, 4.69) is 30.7 Å². The van der Waals surface area contributed by atoms with Crippen molar-refractivity contribution in [2.24, 2.45) is 10.2 Å². The maximum absolute atomic E-state index is 11.8. The number of amides is 2. The Bertz CT molecular complexity index is 715. The average Bonchev–Trinajstić information content (AvgIpc) is 3.06. The molecular weight excluding hydrogens is 304 g/mol. The van der Waals surface area contributed by atoms with Gasteiger partial charge in [0.05, 0.1) is 5.75 Å². The number of carbonyl (C=O) groups is 2. The molecule has 0 aliphatic carbocycles. The van der Waals surface area contributed by atoms with Crippen molar-refractivity contribution in [1.82, 2.24) is 20.5 Å². The lowest BCUT2D eigenvalue weighted by Crippen LogP contribution is -2.30. The molecule has 2 aromatic rings. The molecule has 2 amide bonds. The number of hydrogen-bond acceptors (Lipinski definition) is 6. The molecule has 22 heavy (non-hydrogen) atoms. The third-order valence-electron chi connectivity index (χ3n) is 3.06. The van der Waals surface area contributed by atoms with Crippen LogP contribution in [0.5, 0.6) is 0 Å². The Morgan fingerprint density at radius 3 is 3.05 bits per heavy atom. The lowest BCUT2D eigenvalue weighted by atomic mass is 9.99. The maximum Gasteiger partial charge on any atom is 0.295 e. The van der Waals surface area contributed by atoms with Gasteiger partial charge >= 0.3 is 0 Å². The first-order valence-corrected chi connectivity index (χ1v) is 7.51. The molecule has 9 heteroatoms. The molecule has 1 aliphatic heterocycles.